The molecule has 0 atom stereocenters. The van der Waals surface area contributed by atoms with Crippen LogP contribution in [0.2, 0.25) is 0 Å². The zero-order chi connectivity index (χ0) is 24.0. The number of fused-ring (bicyclic) bond motifs is 1. The molecular formula is C25H27N5O4. The van der Waals surface area contributed by atoms with Crippen LogP contribution in [0.3, 0.4) is 0 Å². The van der Waals surface area contributed by atoms with Crippen molar-refractivity contribution in [3.8, 4) is 22.6 Å². The van der Waals surface area contributed by atoms with Crippen molar-refractivity contribution in [2.75, 3.05) is 26.9 Å². The zero-order valence-corrected chi connectivity index (χ0v) is 18.9. The largest absolute Gasteiger partial charge is 0.493 e. The molecule has 4 heterocycles. The number of benzene rings is 1. The van der Waals surface area contributed by atoms with Crippen LogP contribution in [0.15, 0.2) is 78.9 Å². The minimum Gasteiger partial charge on any atom is -0.493 e. The first-order valence-corrected chi connectivity index (χ1v) is 10.9. The zero-order valence-electron chi connectivity index (χ0n) is 18.9. The Morgan fingerprint density at radius 2 is 2.09 bits per heavy atom. The van der Waals surface area contributed by atoms with Gasteiger partial charge in [0, 0.05) is 31.4 Å². The summed E-state index contributed by atoms with van der Waals surface area (Å²) in [6, 6.07) is 11.3. The summed E-state index contributed by atoms with van der Waals surface area (Å²) in [5.74, 6) is 0.700. The van der Waals surface area contributed by atoms with Crippen molar-refractivity contribution >= 4 is 11.0 Å². The normalized spacial score (nSPS) is 13.9. The summed E-state index contributed by atoms with van der Waals surface area (Å²) in [6.07, 6.45) is 8.87. The minimum atomic E-state index is -0.762. The van der Waals surface area contributed by atoms with Crippen LogP contribution in [-0.2, 0) is 4.74 Å². The van der Waals surface area contributed by atoms with Gasteiger partial charge in [-0.3, -0.25) is 14.3 Å². The highest BCUT2D eigenvalue weighted by Gasteiger charge is 2.35. The molecule has 0 unspecified atom stereocenters. The predicted octanol–water partition coefficient (Wildman–Crippen LogP) is 2.66. The Morgan fingerprint density at radius 1 is 1.32 bits per heavy atom. The number of aromatic amines is 1. The molecule has 5 rings (SSSR count). The van der Waals surface area contributed by atoms with E-state index in [1.807, 2.05) is 54.2 Å². The molecule has 34 heavy (non-hydrogen) atoms. The van der Waals surface area contributed by atoms with E-state index in [4.69, 9.17) is 9.47 Å². The summed E-state index contributed by atoms with van der Waals surface area (Å²) in [6.45, 7) is 4.49. The molecule has 1 saturated heterocycles. The van der Waals surface area contributed by atoms with Gasteiger partial charge in [-0.05, 0) is 36.0 Å². The van der Waals surface area contributed by atoms with Gasteiger partial charge >= 0.3 is 0 Å². The number of hydrogen-bond acceptors (Lipinski definition) is 7. The smallest absolute Gasteiger partial charge is 0.260 e. The average Bonchev–Trinajstić information content (AvgIpc) is 3.25. The van der Waals surface area contributed by atoms with Crippen molar-refractivity contribution in [2.45, 2.75) is 12.0 Å². The maximum absolute atomic E-state index is 12.6. The number of H-pyrrole nitrogens is 1. The molecule has 1 fully saturated rings. The summed E-state index contributed by atoms with van der Waals surface area (Å²) in [5.41, 5.74) is 2.08. The molecule has 0 bridgehead atoms. The Hall–Kier alpha value is -3.95. The van der Waals surface area contributed by atoms with Crippen LogP contribution in [0.25, 0.3) is 27.8 Å². The predicted molar refractivity (Wildman–Crippen MR) is 130 cm³/mol. The molecule has 0 saturated carbocycles. The molecule has 3 N–H and O–H groups in total. The summed E-state index contributed by atoms with van der Waals surface area (Å²) in [4.78, 5) is 23.8. The molecule has 9 nitrogen and oxygen atoms in total. The van der Waals surface area contributed by atoms with Crippen LogP contribution in [0, 0.1) is 0 Å². The lowest BCUT2D eigenvalue weighted by atomic mass is 9.99. The fourth-order valence-corrected chi connectivity index (χ4v) is 3.55. The van der Waals surface area contributed by atoms with Gasteiger partial charge in [-0.15, -0.1) is 0 Å². The summed E-state index contributed by atoms with van der Waals surface area (Å²) >= 11 is 0. The summed E-state index contributed by atoms with van der Waals surface area (Å²) in [7, 11) is 1.81. The van der Waals surface area contributed by atoms with Gasteiger partial charge in [0.15, 0.2) is 5.65 Å². The van der Waals surface area contributed by atoms with E-state index in [1.165, 1.54) is 6.33 Å². The van der Waals surface area contributed by atoms with Crippen LogP contribution < -0.4 is 15.6 Å². The maximum Gasteiger partial charge on any atom is 0.260 e. The van der Waals surface area contributed by atoms with E-state index in [0.29, 0.717) is 43.0 Å². The molecule has 0 radical (unpaired) electrons. The van der Waals surface area contributed by atoms with E-state index in [-0.39, 0.29) is 5.56 Å². The van der Waals surface area contributed by atoms with Gasteiger partial charge in [0.25, 0.3) is 5.56 Å². The Bertz CT molecular complexity index is 1290. The highest BCUT2D eigenvalue weighted by atomic mass is 16.5. The van der Waals surface area contributed by atoms with Gasteiger partial charge in [0.2, 0.25) is 0 Å². The summed E-state index contributed by atoms with van der Waals surface area (Å²) in [5, 5.41) is 13.3. The first-order chi connectivity index (χ1) is 16.5. The van der Waals surface area contributed by atoms with Crippen LogP contribution in [0.1, 0.15) is 6.42 Å². The van der Waals surface area contributed by atoms with Gasteiger partial charge in [-0.25, -0.2) is 4.98 Å². The van der Waals surface area contributed by atoms with Crippen LogP contribution in [0.4, 0.5) is 0 Å². The number of nitrogens with one attached hydrogen (secondary N) is 2. The number of aliphatic hydroxyl groups is 1. The number of hydrogen-bond donors (Lipinski definition) is 3. The molecule has 3 aromatic heterocycles. The Morgan fingerprint density at radius 3 is 2.71 bits per heavy atom. The van der Waals surface area contributed by atoms with E-state index in [9.17, 15) is 9.90 Å². The van der Waals surface area contributed by atoms with Crippen molar-refractivity contribution in [1.29, 1.82) is 0 Å². The molecule has 1 aromatic carbocycles. The lowest BCUT2D eigenvalue weighted by Crippen LogP contribution is -2.50. The molecule has 0 amide bonds. The van der Waals surface area contributed by atoms with Crippen molar-refractivity contribution < 1.29 is 14.6 Å². The van der Waals surface area contributed by atoms with Gasteiger partial charge < -0.3 is 24.9 Å². The first kappa shape index (κ1) is 23.2. The van der Waals surface area contributed by atoms with E-state index in [2.05, 4.69) is 26.8 Å². The van der Waals surface area contributed by atoms with Crippen molar-refractivity contribution in [3.63, 3.8) is 0 Å². The average molecular weight is 462 g/mol. The van der Waals surface area contributed by atoms with E-state index in [0.717, 1.165) is 16.8 Å². The fourth-order valence-electron chi connectivity index (χ4n) is 3.55. The molecule has 9 heteroatoms. The fraction of sp³-hybridized carbons (Fsp3) is 0.240. The number of ether oxygens (including phenoxy) is 2. The molecule has 0 spiro atoms. The first-order valence-electron chi connectivity index (χ1n) is 10.9. The van der Waals surface area contributed by atoms with Gasteiger partial charge in [-0.1, -0.05) is 18.7 Å². The van der Waals surface area contributed by atoms with Crippen LogP contribution in [0.5, 0.6) is 5.75 Å². The van der Waals surface area contributed by atoms with Crippen LogP contribution >= 0.6 is 0 Å². The third kappa shape index (κ3) is 5.00. The Balaban J connectivity index is 0.000000636. The van der Waals surface area contributed by atoms with Gasteiger partial charge in [-0.2, -0.15) is 0 Å². The number of rotatable bonds is 7. The van der Waals surface area contributed by atoms with Crippen molar-refractivity contribution in [2.24, 2.45) is 0 Å². The number of nitrogens with zero attached hydrogens (tertiary/aromatic N) is 3. The second kappa shape index (κ2) is 10.3. The van der Waals surface area contributed by atoms with Crippen molar-refractivity contribution in [1.82, 2.24) is 24.8 Å². The second-order valence-electron chi connectivity index (χ2n) is 7.89. The highest BCUT2D eigenvalue weighted by Crippen LogP contribution is 2.30. The van der Waals surface area contributed by atoms with E-state index in [1.54, 1.807) is 18.6 Å². The summed E-state index contributed by atoms with van der Waals surface area (Å²) < 4.78 is 12.6. The lowest BCUT2D eigenvalue weighted by molar-refractivity contribution is -0.184. The van der Waals surface area contributed by atoms with Gasteiger partial charge in [0.1, 0.15) is 11.4 Å². The monoisotopic (exact) mass is 461 g/mol. The molecule has 4 aromatic rings. The Kier molecular flexibility index (Phi) is 7.05. The minimum absolute atomic E-state index is 0.200. The maximum atomic E-state index is 12.6. The molecule has 1 aliphatic heterocycles. The highest BCUT2D eigenvalue weighted by molar-refractivity contribution is 5.94. The quantitative estimate of drug-likeness (QED) is 0.388. The topological polar surface area (TPSA) is 114 Å². The lowest BCUT2D eigenvalue weighted by Gasteiger charge is -2.36. The molecule has 176 valence electrons. The van der Waals surface area contributed by atoms with Crippen molar-refractivity contribution in [3.05, 3.63) is 84.4 Å². The second-order valence-corrected chi connectivity index (χ2v) is 7.89. The number of pyridine rings is 1. The standard InChI is InChI=1S/C22H20N4O4.C3H7N/c27-21-19-18(11-26(20(19)24-14-25-21)16-2-1-8-23-10-16)15-3-5-17(6-4-15)30-9-7-22(28)12-29-13-22;1-3-4-2/h1-6,8,10-11,14,28H,7,9,12-13H2,(H,24,25,27);3-4H,1H2,2H3. The van der Waals surface area contributed by atoms with E-state index < -0.39 is 5.60 Å². The Labute approximate surface area is 196 Å². The molecular weight excluding hydrogens is 434 g/mol. The van der Waals surface area contributed by atoms with Crippen LogP contribution in [-0.4, -0.2) is 57.1 Å². The SMILES string of the molecule is C=CNC.O=c1[nH]cnc2c1c(-c1ccc(OCCC3(O)COC3)cc1)cn2-c1cccnc1. The molecule has 1 aliphatic rings. The molecule has 0 aliphatic carbocycles. The van der Waals surface area contributed by atoms with Gasteiger partial charge in [0.05, 0.1) is 43.4 Å². The third-order valence-corrected chi connectivity index (χ3v) is 5.46. The third-order valence-electron chi connectivity index (χ3n) is 5.46. The number of aromatic nitrogens is 4. The van der Waals surface area contributed by atoms with E-state index >= 15 is 0 Å².